The van der Waals surface area contributed by atoms with Crippen LogP contribution >= 0.6 is 11.6 Å². The van der Waals surface area contributed by atoms with E-state index < -0.39 is 0 Å². The molecule has 0 radical (unpaired) electrons. The first-order chi connectivity index (χ1) is 10.2. The zero-order valence-corrected chi connectivity index (χ0v) is 12.7. The van der Waals surface area contributed by atoms with Gasteiger partial charge < -0.3 is 14.8 Å². The largest absolute Gasteiger partial charge is 0.454 e. The SMILES string of the molecule is CC(CCNc1cc2c(cc1Cl)OCO2)c1ccccc1. The van der Waals surface area contributed by atoms with Crippen molar-refractivity contribution >= 4 is 17.3 Å². The monoisotopic (exact) mass is 303 g/mol. The third kappa shape index (κ3) is 3.24. The summed E-state index contributed by atoms with van der Waals surface area (Å²) in [5.74, 6) is 1.97. The van der Waals surface area contributed by atoms with Gasteiger partial charge in [0.25, 0.3) is 0 Å². The van der Waals surface area contributed by atoms with E-state index in [4.69, 9.17) is 21.1 Å². The molecule has 0 saturated carbocycles. The van der Waals surface area contributed by atoms with E-state index in [1.807, 2.05) is 12.1 Å². The molecule has 0 aliphatic carbocycles. The van der Waals surface area contributed by atoms with Crippen LogP contribution in [0.3, 0.4) is 0 Å². The van der Waals surface area contributed by atoms with Crippen LogP contribution in [0, 0.1) is 0 Å². The van der Waals surface area contributed by atoms with Gasteiger partial charge in [0.1, 0.15) is 0 Å². The van der Waals surface area contributed by atoms with Crippen molar-refractivity contribution in [3.63, 3.8) is 0 Å². The zero-order valence-electron chi connectivity index (χ0n) is 11.9. The second-order valence-electron chi connectivity index (χ2n) is 5.21. The molecular weight excluding hydrogens is 286 g/mol. The van der Waals surface area contributed by atoms with Crippen molar-refractivity contribution in [3.8, 4) is 11.5 Å². The van der Waals surface area contributed by atoms with Gasteiger partial charge in [-0.1, -0.05) is 48.9 Å². The molecule has 1 heterocycles. The van der Waals surface area contributed by atoms with Crippen LogP contribution in [-0.4, -0.2) is 13.3 Å². The van der Waals surface area contributed by atoms with Crippen LogP contribution < -0.4 is 14.8 Å². The molecule has 0 spiro atoms. The van der Waals surface area contributed by atoms with Crippen molar-refractivity contribution in [2.24, 2.45) is 0 Å². The maximum atomic E-state index is 6.24. The Bertz CT molecular complexity index is 616. The third-order valence-corrected chi connectivity index (χ3v) is 4.04. The lowest BCUT2D eigenvalue weighted by molar-refractivity contribution is 0.174. The predicted molar refractivity (Wildman–Crippen MR) is 85.5 cm³/mol. The second kappa shape index (κ2) is 6.27. The third-order valence-electron chi connectivity index (χ3n) is 3.72. The summed E-state index contributed by atoms with van der Waals surface area (Å²) in [6, 6.07) is 14.2. The second-order valence-corrected chi connectivity index (χ2v) is 5.62. The molecule has 110 valence electrons. The lowest BCUT2D eigenvalue weighted by Crippen LogP contribution is -2.06. The molecule has 1 aliphatic rings. The first kappa shape index (κ1) is 14.1. The van der Waals surface area contributed by atoms with Crippen LogP contribution in [0.1, 0.15) is 24.8 Å². The highest BCUT2D eigenvalue weighted by Crippen LogP contribution is 2.39. The smallest absolute Gasteiger partial charge is 0.231 e. The quantitative estimate of drug-likeness (QED) is 0.870. The Labute approximate surface area is 129 Å². The fraction of sp³-hybridized carbons (Fsp3) is 0.294. The standard InChI is InChI=1S/C17H18ClNO2/c1-12(13-5-3-2-4-6-13)7-8-19-15-10-17-16(9-14(15)18)20-11-21-17/h2-6,9-10,12,19H,7-8,11H2,1H3. The van der Waals surface area contributed by atoms with Gasteiger partial charge in [0.05, 0.1) is 10.7 Å². The Morgan fingerprint density at radius 3 is 2.62 bits per heavy atom. The van der Waals surface area contributed by atoms with E-state index in [1.54, 1.807) is 6.07 Å². The van der Waals surface area contributed by atoms with E-state index in [9.17, 15) is 0 Å². The van der Waals surface area contributed by atoms with Crippen molar-refractivity contribution in [2.75, 3.05) is 18.7 Å². The van der Waals surface area contributed by atoms with Crippen LogP contribution in [0.15, 0.2) is 42.5 Å². The zero-order chi connectivity index (χ0) is 14.7. The van der Waals surface area contributed by atoms with Crippen LogP contribution in [0.5, 0.6) is 11.5 Å². The van der Waals surface area contributed by atoms with Crippen LogP contribution in [0.2, 0.25) is 5.02 Å². The fourth-order valence-corrected chi connectivity index (χ4v) is 2.64. The fourth-order valence-electron chi connectivity index (χ4n) is 2.42. The normalized spacial score (nSPS) is 14.0. The molecule has 0 fully saturated rings. The van der Waals surface area contributed by atoms with Crippen molar-refractivity contribution in [2.45, 2.75) is 19.3 Å². The molecule has 3 rings (SSSR count). The van der Waals surface area contributed by atoms with Crippen molar-refractivity contribution in [1.82, 2.24) is 0 Å². The number of ether oxygens (including phenoxy) is 2. The highest BCUT2D eigenvalue weighted by atomic mass is 35.5. The molecule has 0 bridgehead atoms. The van der Waals surface area contributed by atoms with Gasteiger partial charge in [-0.2, -0.15) is 0 Å². The van der Waals surface area contributed by atoms with E-state index in [2.05, 4.69) is 36.5 Å². The summed E-state index contributed by atoms with van der Waals surface area (Å²) in [5, 5.41) is 4.03. The topological polar surface area (TPSA) is 30.5 Å². The number of nitrogens with one attached hydrogen (secondary N) is 1. The summed E-state index contributed by atoms with van der Waals surface area (Å²) >= 11 is 6.24. The van der Waals surface area contributed by atoms with Crippen molar-refractivity contribution in [1.29, 1.82) is 0 Å². The maximum absolute atomic E-state index is 6.24. The van der Waals surface area contributed by atoms with Gasteiger partial charge in [0.15, 0.2) is 11.5 Å². The summed E-state index contributed by atoms with van der Waals surface area (Å²) < 4.78 is 10.7. The molecular formula is C17H18ClNO2. The Kier molecular flexibility index (Phi) is 4.20. The van der Waals surface area contributed by atoms with E-state index in [-0.39, 0.29) is 6.79 Å². The highest BCUT2D eigenvalue weighted by molar-refractivity contribution is 6.33. The molecule has 1 N–H and O–H groups in total. The molecule has 1 aliphatic heterocycles. The van der Waals surface area contributed by atoms with Crippen molar-refractivity contribution in [3.05, 3.63) is 53.1 Å². The number of hydrogen-bond acceptors (Lipinski definition) is 3. The number of benzene rings is 2. The van der Waals surface area contributed by atoms with Gasteiger partial charge in [0, 0.05) is 18.7 Å². The van der Waals surface area contributed by atoms with Gasteiger partial charge >= 0.3 is 0 Å². The molecule has 21 heavy (non-hydrogen) atoms. The molecule has 0 aromatic heterocycles. The first-order valence-electron chi connectivity index (χ1n) is 7.12. The van der Waals surface area contributed by atoms with Gasteiger partial charge in [0.2, 0.25) is 6.79 Å². The summed E-state index contributed by atoms with van der Waals surface area (Å²) in [7, 11) is 0. The number of halogens is 1. The Hall–Kier alpha value is -1.87. The summed E-state index contributed by atoms with van der Waals surface area (Å²) in [6.07, 6.45) is 1.04. The molecule has 2 aromatic rings. The first-order valence-corrected chi connectivity index (χ1v) is 7.50. The van der Waals surface area contributed by atoms with Crippen LogP contribution in [0.25, 0.3) is 0 Å². The van der Waals surface area contributed by atoms with Crippen molar-refractivity contribution < 1.29 is 9.47 Å². The number of anilines is 1. The predicted octanol–water partition coefficient (Wildman–Crippen LogP) is 4.67. The highest BCUT2D eigenvalue weighted by Gasteiger charge is 2.16. The van der Waals surface area contributed by atoms with Gasteiger partial charge in [-0.3, -0.25) is 0 Å². The van der Waals surface area contributed by atoms with E-state index in [0.717, 1.165) is 24.4 Å². The van der Waals surface area contributed by atoms with Crippen LogP contribution in [0.4, 0.5) is 5.69 Å². The van der Waals surface area contributed by atoms with E-state index >= 15 is 0 Å². The molecule has 4 heteroatoms. The molecule has 0 amide bonds. The Morgan fingerprint density at radius 2 is 1.86 bits per heavy atom. The summed E-state index contributed by atoms with van der Waals surface area (Å²) in [4.78, 5) is 0. The average molecular weight is 304 g/mol. The summed E-state index contributed by atoms with van der Waals surface area (Å²) in [6.45, 7) is 3.36. The van der Waals surface area contributed by atoms with Gasteiger partial charge in [-0.05, 0) is 17.9 Å². The summed E-state index contributed by atoms with van der Waals surface area (Å²) in [5.41, 5.74) is 2.25. The molecule has 3 nitrogen and oxygen atoms in total. The average Bonchev–Trinajstić information content (AvgIpc) is 2.95. The minimum Gasteiger partial charge on any atom is -0.454 e. The molecule has 1 unspecified atom stereocenters. The number of rotatable bonds is 5. The Morgan fingerprint density at radius 1 is 1.14 bits per heavy atom. The van der Waals surface area contributed by atoms with Gasteiger partial charge in [-0.25, -0.2) is 0 Å². The molecule has 0 saturated heterocycles. The lowest BCUT2D eigenvalue weighted by atomic mass is 9.98. The molecule has 1 atom stereocenters. The minimum atomic E-state index is 0.264. The maximum Gasteiger partial charge on any atom is 0.231 e. The minimum absolute atomic E-state index is 0.264. The van der Waals surface area contributed by atoms with Gasteiger partial charge in [-0.15, -0.1) is 0 Å². The molecule has 2 aromatic carbocycles. The van der Waals surface area contributed by atoms with E-state index in [0.29, 0.717) is 16.7 Å². The van der Waals surface area contributed by atoms with Crippen LogP contribution in [-0.2, 0) is 0 Å². The van der Waals surface area contributed by atoms with E-state index in [1.165, 1.54) is 5.56 Å². The lowest BCUT2D eigenvalue weighted by Gasteiger charge is -2.14. The number of hydrogen-bond donors (Lipinski definition) is 1. The Balaban J connectivity index is 1.58. The number of fused-ring (bicyclic) bond motifs is 1.